The third kappa shape index (κ3) is 2.62. The van der Waals surface area contributed by atoms with Crippen LogP contribution in [0.4, 0.5) is 18.0 Å². The molecule has 0 spiro atoms. The van der Waals surface area contributed by atoms with Gasteiger partial charge in [0, 0.05) is 19.6 Å². The fourth-order valence-electron chi connectivity index (χ4n) is 2.88. The van der Waals surface area contributed by atoms with E-state index in [2.05, 4.69) is 0 Å². The predicted octanol–water partition coefficient (Wildman–Crippen LogP) is 1.56. The molecule has 0 aromatic heterocycles. The van der Waals surface area contributed by atoms with Gasteiger partial charge in [-0.25, -0.2) is 4.79 Å². The molecule has 9 heteroatoms. The minimum Gasteiger partial charge on any atom is -0.481 e. The van der Waals surface area contributed by atoms with E-state index in [-0.39, 0.29) is 19.7 Å². The molecule has 126 valence electrons. The lowest BCUT2D eigenvalue weighted by Crippen LogP contribution is -2.59. The minimum atomic E-state index is -4.89. The van der Waals surface area contributed by atoms with Gasteiger partial charge in [0.15, 0.2) is 5.41 Å². The second-order valence-corrected chi connectivity index (χ2v) is 6.36. The molecule has 2 aliphatic heterocycles. The van der Waals surface area contributed by atoms with Crippen LogP contribution < -0.4 is 0 Å². The normalized spacial score (nSPS) is 28.8. The Morgan fingerprint density at radius 2 is 1.86 bits per heavy atom. The highest BCUT2D eigenvalue weighted by atomic mass is 19.4. The number of urea groups is 1. The number of carbonyl (C=O) groups excluding carboxylic acids is 1. The number of rotatable bonds is 1. The number of carbonyl (C=O) groups is 2. The fraction of sp³-hybridized carbons (Fsp3) is 0.846. The van der Waals surface area contributed by atoms with Gasteiger partial charge in [0.05, 0.1) is 18.8 Å². The van der Waals surface area contributed by atoms with Gasteiger partial charge in [-0.15, -0.1) is 0 Å². The van der Waals surface area contributed by atoms with Gasteiger partial charge in [0.2, 0.25) is 0 Å². The summed E-state index contributed by atoms with van der Waals surface area (Å²) >= 11 is 0. The fourth-order valence-corrected chi connectivity index (χ4v) is 2.88. The number of alkyl halides is 3. The number of nitrogens with zero attached hydrogens (tertiary/aromatic N) is 2. The first-order valence-electron chi connectivity index (χ1n) is 6.96. The third-order valence-electron chi connectivity index (χ3n) is 4.37. The molecule has 0 saturated carbocycles. The van der Waals surface area contributed by atoms with Crippen LogP contribution in [0.2, 0.25) is 0 Å². The summed E-state index contributed by atoms with van der Waals surface area (Å²) in [4.78, 5) is 26.1. The first-order valence-corrected chi connectivity index (χ1v) is 6.96. The van der Waals surface area contributed by atoms with E-state index in [1.165, 1.54) is 4.90 Å². The molecule has 22 heavy (non-hydrogen) atoms. The van der Waals surface area contributed by atoms with E-state index in [4.69, 9.17) is 9.84 Å². The van der Waals surface area contributed by atoms with E-state index in [9.17, 15) is 22.8 Å². The first-order chi connectivity index (χ1) is 10.0. The molecule has 2 fully saturated rings. The van der Waals surface area contributed by atoms with Crippen molar-refractivity contribution < 1.29 is 32.6 Å². The highest BCUT2D eigenvalue weighted by Crippen LogP contribution is 2.46. The molecule has 2 rings (SSSR count). The van der Waals surface area contributed by atoms with Crippen LogP contribution >= 0.6 is 0 Å². The first kappa shape index (κ1) is 16.9. The van der Waals surface area contributed by atoms with Gasteiger partial charge in [0.1, 0.15) is 0 Å². The van der Waals surface area contributed by atoms with Gasteiger partial charge in [-0.1, -0.05) is 0 Å². The van der Waals surface area contributed by atoms with Crippen molar-refractivity contribution >= 4 is 12.0 Å². The van der Waals surface area contributed by atoms with Gasteiger partial charge in [0.25, 0.3) is 0 Å². The lowest BCUT2D eigenvalue weighted by molar-refractivity contribution is -0.227. The summed E-state index contributed by atoms with van der Waals surface area (Å²) in [6.45, 7) is 3.32. The van der Waals surface area contributed by atoms with Crippen molar-refractivity contribution in [3.63, 3.8) is 0 Å². The average Bonchev–Trinajstić information content (AvgIpc) is 2.83. The molecule has 0 aliphatic carbocycles. The smallest absolute Gasteiger partial charge is 0.406 e. The summed E-state index contributed by atoms with van der Waals surface area (Å²) in [6, 6.07) is -0.569. The van der Waals surface area contributed by atoms with Gasteiger partial charge < -0.3 is 19.6 Å². The van der Waals surface area contributed by atoms with Crippen molar-refractivity contribution in [1.29, 1.82) is 0 Å². The van der Waals surface area contributed by atoms with Crippen LogP contribution in [0, 0.1) is 5.41 Å². The van der Waals surface area contributed by atoms with Crippen molar-refractivity contribution in [2.24, 2.45) is 5.41 Å². The maximum absolute atomic E-state index is 13.1. The van der Waals surface area contributed by atoms with Crippen LogP contribution in [-0.2, 0) is 9.53 Å². The zero-order valence-corrected chi connectivity index (χ0v) is 12.4. The van der Waals surface area contributed by atoms with Crippen LogP contribution in [-0.4, -0.2) is 71.5 Å². The summed E-state index contributed by atoms with van der Waals surface area (Å²) in [7, 11) is 0. The van der Waals surface area contributed by atoms with Crippen molar-refractivity contribution in [2.45, 2.75) is 32.0 Å². The van der Waals surface area contributed by atoms with E-state index in [1.54, 1.807) is 13.8 Å². The number of hydrogen-bond donors (Lipinski definition) is 1. The minimum absolute atomic E-state index is 0.224. The van der Waals surface area contributed by atoms with Crippen LogP contribution in [0.3, 0.4) is 0 Å². The molecule has 0 bridgehead atoms. The summed E-state index contributed by atoms with van der Waals surface area (Å²) in [6.07, 6.45) is -5.52. The Balaban J connectivity index is 2.18. The average molecular weight is 324 g/mol. The highest BCUT2D eigenvalue weighted by molar-refractivity contribution is 5.81. The highest BCUT2D eigenvalue weighted by Gasteiger charge is 2.64. The Labute approximate surface area is 125 Å². The number of aliphatic carboxylic acids is 1. The number of ether oxygens (including phenoxy) is 1. The number of hydrogen-bond acceptors (Lipinski definition) is 3. The summed E-state index contributed by atoms with van der Waals surface area (Å²) in [5, 5.41) is 9.02. The lowest BCUT2D eigenvalue weighted by atomic mass is 9.86. The second-order valence-electron chi connectivity index (χ2n) is 6.36. The molecule has 0 radical (unpaired) electrons. The van der Waals surface area contributed by atoms with Crippen molar-refractivity contribution in [3.05, 3.63) is 0 Å². The van der Waals surface area contributed by atoms with Crippen molar-refractivity contribution in [3.8, 4) is 0 Å². The number of likely N-dealkylation sites (tertiary alicyclic amines) is 1. The predicted molar refractivity (Wildman–Crippen MR) is 69.3 cm³/mol. The monoisotopic (exact) mass is 324 g/mol. The molecule has 2 saturated heterocycles. The van der Waals surface area contributed by atoms with Crippen LogP contribution in [0.1, 0.15) is 20.3 Å². The Bertz CT molecular complexity index is 480. The molecule has 2 amide bonds. The molecule has 1 atom stereocenters. The molecule has 2 heterocycles. The second kappa shape index (κ2) is 5.29. The van der Waals surface area contributed by atoms with Crippen LogP contribution in [0.15, 0.2) is 0 Å². The Kier molecular flexibility index (Phi) is 4.05. The Morgan fingerprint density at radius 3 is 2.32 bits per heavy atom. The summed E-state index contributed by atoms with van der Waals surface area (Å²) in [5.74, 6) is -1.93. The topological polar surface area (TPSA) is 70.1 Å². The van der Waals surface area contributed by atoms with Gasteiger partial charge in [-0.3, -0.25) is 4.79 Å². The Morgan fingerprint density at radius 1 is 1.23 bits per heavy atom. The van der Waals surface area contributed by atoms with E-state index in [0.717, 1.165) is 4.90 Å². The van der Waals surface area contributed by atoms with Gasteiger partial charge in [-0.2, -0.15) is 13.2 Å². The number of halogens is 3. The third-order valence-corrected chi connectivity index (χ3v) is 4.37. The van der Waals surface area contributed by atoms with Crippen LogP contribution in [0.5, 0.6) is 0 Å². The maximum Gasteiger partial charge on any atom is 0.406 e. The molecular weight excluding hydrogens is 305 g/mol. The lowest BCUT2D eigenvalue weighted by Gasteiger charge is -2.43. The molecule has 2 aliphatic rings. The van der Waals surface area contributed by atoms with E-state index < -0.39 is 42.1 Å². The molecule has 1 unspecified atom stereocenters. The van der Waals surface area contributed by atoms with Crippen LogP contribution in [0.25, 0.3) is 0 Å². The number of carboxylic acid groups (broad SMARTS) is 1. The summed E-state index contributed by atoms with van der Waals surface area (Å²) < 4.78 is 44.7. The number of amides is 2. The number of morpholine rings is 1. The zero-order valence-electron chi connectivity index (χ0n) is 12.4. The molecule has 6 nitrogen and oxygen atoms in total. The molecule has 1 N–H and O–H groups in total. The van der Waals surface area contributed by atoms with E-state index >= 15 is 0 Å². The maximum atomic E-state index is 13.1. The van der Waals surface area contributed by atoms with Crippen molar-refractivity contribution in [1.82, 2.24) is 9.80 Å². The SMILES string of the molecule is CC1(C)COCCN1C(=O)N1CCC(C(=O)O)(C(F)(F)F)C1. The van der Waals surface area contributed by atoms with Gasteiger partial charge >= 0.3 is 18.2 Å². The molecule has 0 aromatic rings. The number of carboxylic acids is 1. The summed E-state index contributed by atoms with van der Waals surface area (Å²) in [5.41, 5.74) is -3.51. The molecular formula is C13H19F3N2O4. The largest absolute Gasteiger partial charge is 0.481 e. The van der Waals surface area contributed by atoms with Crippen molar-refractivity contribution in [2.75, 3.05) is 32.8 Å². The zero-order chi connectivity index (χ0) is 16.8. The Hall–Kier alpha value is -1.51. The standard InChI is InChI=1S/C13H19F3N2O4/c1-11(2)8-22-6-5-18(11)10(21)17-4-3-12(7-17,9(19)20)13(14,15)16/h3-8H2,1-2H3,(H,19,20). The molecule has 0 aromatic carbocycles. The van der Waals surface area contributed by atoms with E-state index in [0.29, 0.717) is 6.61 Å². The van der Waals surface area contributed by atoms with Gasteiger partial charge in [-0.05, 0) is 20.3 Å². The van der Waals surface area contributed by atoms with E-state index in [1.807, 2.05) is 0 Å². The quantitative estimate of drug-likeness (QED) is 0.795.